The van der Waals surface area contributed by atoms with Gasteiger partial charge in [-0.1, -0.05) is 23.7 Å². The van der Waals surface area contributed by atoms with Crippen LogP contribution in [0.2, 0.25) is 5.02 Å². The quantitative estimate of drug-likeness (QED) is 0.863. The van der Waals surface area contributed by atoms with Crippen molar-refractivity contribution in [1.82, 2.24) is 5.32 Å². The molecule has 4 unspecified atom stereocenters. The number of nitrogens with two attached hydrogens (primary N) is 1. The van der Waals surface area contributed by atoms with Crippen LogP contribution in [-0.4, -0.2) is 30.7 Å². The first-order valence-corrected chi connectivity index (χ1v) is 6.90. The van der Waals surface area contributed by atoms with Gasteiger partial charge in [0, 0.05) is 18.6 Å². The Hall–Kier alpha value is -1.10. The summed E-state index contributed by atoms with van der Waals surface area (Å²) in [6.45, 7) is 2.62. The first-order valence-electron chi connectivity index (χ1n) is 6.53. The third kappa shape index (κ3) is 2.04. The fraction of sp³-hybridized carbons (Fsp3) is 0.500. The lowest BCUT2D eigenvalue weighted by molar-refractivity contribution is -0.0161. The zero-order valence-corrected chi connectivity index (χ0v) is 11.5. The smallest absolute Gasteiger partial charge is 0.253 e. The Labute approximate surface area is 117 Å². The van der Waals surface area contributed by atoms with Crippen LogP contribution in [0.5, 0.6) is 0 Å². The molecule has 1 heterocycles. The van der Waals surface area contributed by atoms with Crippen LogP contribution in [-0.2, 0) is 4.74 Å². The molecule has 4 atom stereocenters. The molecular weight excluding hydrogens is 264 g/mol. The average molecular weight is 281 g/mol. The Balaban J connectivity index is 1.73. The van der Waals surface area contributed by atoms with Gasteiger partial charge in [-0.3, -0.25) is 4.79 Å². The molecule has 1 saturated carbocycles. The van der Waals surface area contributed by atoms with Gasteiger partial charge in [0.15, 0.2) is 0 Å². The van der Waals surface area contributed by atoms with E-state index in [-0.39, 0.29) is 24.1 Å². The molecule has 1 aromatic carbocycles. The maximum Gasteiger partial charge on any atom is 0.253 e. The lowest BCUT2D eigenvalue weighted by Gasteiger charge is -2.45. The van der Waals surface area contributed by atoms with Crippen LogP contribution in [0.3, 0.4) is 0 Å². The fourth-order valence-corrected chi connectivity index (χ4v) is 3.19. The second-order valence-corrected chi connectivity index (χ2v) is 5.68. The first kappa shape index (κ1) is 12.9. The summed E-state index contributed by atoms with van der Waals surface area (Å²) in [6, 6.07) is 5.31. The van der Waals surface area contributed by atoms with Crippen molar-refractivity contribution >= 4 is 17.5 Å². The summed E-state index contributed by atoms with van der Waals surface area (Å²) < 4.78 is 5.60. The van der Waals surface area contributed by atoms with Crippen LogP contribution in [0.15, 0.2) is 18.2 Å². The number of fused-ring (bicyclic) bond motifs is 1. The minimum atomic E-state index is -0.178. The van der Waals surface area contributed by atoms with E-state index in [0.717, 1.165) is 18.6 Å². The number of ether oxygens (including phenoxy) is 1. The average Bonchev–Trinajstić information content (AvgIpc) is 2.83. The molecule has 1 aliphatic carbocycles. The number of nitrogens with one attached hydrogen (secondary N) is 1. The predicted molar refractivity (Wildman–Crippen MR) is 73.3 cm³/mol. The van der Waals surface area contributed by atoms with E-state index in [1.54, 1.807) is 6.07 Å². The number of rotatable bonds is 2. The molecule has 1 saturated heterocycles. The summed E-state index contributed by atoms with van der Waals surface area (Å²) in [5, 5.41) is 3.45. The lowest BCUT2D eigenvalue weighted by Crippen LogP contribution is -2.68. The van der Waals surface area contributed by atoms with E-state index in [0.29, 0.717) is 16.5 Å². The van der Waals surface area contributed by atoms with Crippen LogP contribution in [0.4, 0.5) is 0 Å². The van der Waals surface area contributed by atoms with E-state index >= 15 is 0 Å². The van der Waals surface area contributed by atoms with Crippen molar-refractivity contribution in [2.45, 2.75) is 31.5 Å². The largest absolute Gasteiger partial charge is 0.376 e. The minimum Gasteiger partial charge on any atom is -0.376 e. The molecule has 1 aliphatic heterocycles. The van der Waals surface area contributed by atoms with Crippen LogP contribution < -0.4 is 11.1 Å². The van der Waals surface area contributed by atoms with E-state index in [1.807, 2.05) is 19.1 Å². The molecule has 3 N–H and O–H groups in total. The summed E-state index contributed by atoms with van der Waals surface area (Å²) in [6.07, 6.45) is 1.06. The molecule has 1 amide bonds. The van der Waals surface area contributed by atoms with Crippen molar-refractivity contribution in [1.29, 1.82) is 0 Å². The highest BCUT2D eigenvalue weighted by Gasteiger charge is 2.52. The highest BCUT2D eigenvalue weighted by molar-refractivity contribution is 6.34. The molecule has 0 radical (unpaired) electrons. The predicted octanol–water partition coefficient (Wildman–Crippen LogP) is 1.49. The van der Waals surface area contributed by atoms with Crippen molar-refractivity contribution in [3.8, 4) is 0 Å². The molecule has 5 heteroatoms. The summed E-state index contributed by atoms with van der Waals surface area (Å²) in [7, 11) is 0. The maximum atomic E-state index is 12.2. The number of halogens is 1. The van der Waals surface area contributed by atoms with Gasteiger partial charge in [0.25, 0.3) is 5.91 Å². The molecule has 0 aromatic heterocycles. The summed E-state index contributed by atoms with van der Waals surface area (Å²) >= 11 is 6.16. The molecule has 2 aliphatic rings. The van der Waals surface area contributed by atoms with Crippen molar-refractivity contribution in [2.24, 2.45) is 11.7 Å². The van der Waals surface area contributed by atoms with Crippen LogP contribution in [0, 0.1) is 12.8 Å². The van der Waals surface area contributed by atoms with Gasteiger partial charge < -0.3 is 15.8 Å². The standard InChI is InChI=1S/C14H17ClN2O2/c1-7-3-2-4-8(10(7)15)14(18)17-12-11(16)9-5-6-19-13(9)12/h2-4,9,11-13H,5-6,16H2,1H3,(H,17,18). The molecule has 2 fully saturated rings. The molecule has 1 aromatic rings. The molecule has 102 valence electrons. The number of amides is 1. The molecular formula is C14H17ClN2O2. The first-order chi connectivity index (χ1) is 9.09. The number of benzene rings is 1. The van der Waals surface area contributed by atoms with Gasteiger partial charge in [-0.2, -0.15) is 0 Å². The highest BCUT2D eigenvalue weighted by Crippen LogP contribution is 2.38. The Morgan fingerprint density at radius 1 is 1.53 bits per heavy atom. The van der Waals surface area contributed by atoms with Gasteiger partial charge in [-0.25, -0.2) is 0 Å². The Bertz CT molecular complexity index is 520. The number of carbonyl (C=O) groups excluding carboxylic acids is 1. The van der Waals surface area contributed by atoms with E-state index in [2.05, 4.69) is 5.32 Å². The molecule has 3 rings (SSSR count). The normalized spacial score (nSPS) is 32.6. The summed E-state index contributed by atoms with van der Waals surface area (Å²) in [5.74, 6) is 0.210. The van der Waals surface area contributed by atoms with Gasteiger partial charge in [-0.15, -0.1) is 0 Å². The van der Waals surface area contributed by atoms with E-state index < -0.39 is 0 Å². The number of carbonyl (C=O) groups is 1. The van der Waals surface area contributed by atoms with Gasteiger partial charge in [0.1, 0.15) is 0 Å². The summed E-state index contributed by atoms with van der Waals surface area (Å²) in [5.41, 5.74) is 7.46. The SMILES string of the molecule is Cc1cccc(C(=O)NC2C(N)C3CCOC32)c1Cl. The second kappa shape index (κ2) is 4.78. The van der Waals surface area contributed by atoms with Crippen molar-refractivity contribution in [3.63, 3.8) is 0 Å². The van der Waals surface area contributed by atoms with Gasteiger partial charge in [0.05, 0.1) is 22.7 Å². The second-order valence-electron chi connectivity index (χ2n) is 5.30. The molecule has 0 spiro atoms. The third-order valence-corrected chi connectivity index (χ3v) is 4.68. The molecule has 4 nitrogen and oxygen atoms in total. The van der Waals surface area contributed by atoms with Gasteiger partial charge in [-0.05, 0) is 25.0 Å². The monoisotopic (exact) mass is 280 g/mol. The van der Waals surface area contributed by atoms with E-state index in [9.17, 15) is 4.79 Å². The Kier molecular flexibility index (Phi) is 3.25. The summed E-state index contributed by atoms with van der Waals surface area (Å²) in [4.78, 5) is 12.2. The van der Waals surface area contributed by atoms with Crippen molar-refractivity contribution in [2.75, 3.05) is 6.61 Å². The lowest BCUT2D eigenvalue weighted by atomic mass is 9.72. The number of hydrogen-bond acceptors (Lipinski definition) is 3. The minimum absolute atomic E-state index is 0.0139. The fourth-order valence-electron chi connectivity index (χ4n) is 2.98. The highest BCUT2D eigenvalue weighted by atomic mass is 35.5. The topological polar surface area (TPSA) is 64.4 Å². The van der Waals surface area contributed by atoms with Gasteiger partial charge in [0.2, 0.25) is 0 Å². The number of aryl methyl sites for hydroxylation is 1. The molecule has 19 heavy (non-hydrogen) atoms. The van der Waals surface area contributed by atoms with Crippen LogP contribution >= 0.6 is 11.6 Å². The number of hydrogen-bond donors (Lipinski definition) is 2. The van der Waals surface area contributed by atoms with Crippen LogP contribution in [0.25, 0.3) is 0 Å². The Morgan fingerprint density at radius 3 is 3.11 bits per heavy atom. The van der Waals surface area contributed by atoms with Crippen molar-refractivity contribution < 1.29 is 9.53 Å². The van der Waals surface area contributed by atoms with E-state index in [1.165, 1.54) is 0 Å². The van der Waals surface area contributed by atoms with E-state index in [4.69, 9.17) is 22.1 Å². The van der Waals surface area contributed by atoms with Gasteiger partial charge >= 0.3 is 0 Å². The zero-order valence-electron chi connectivity index (χ0n) is 10.7. The molecule has 0 bridgehead atoms. The maximum absolute atomic E-state index is 12.2. The zero-order chi connectivity index (χ0) is 13.6. The van der Waals surface area contributed by atoms with Crippen molar-refractivity contribution in [3.05, 3.63) is 34.3 Å². The van der Waals surface area contributed by atoms with Crippen LogP contribution in [0.1, 0.15) is 22.3 Å². The third-order valence-electron chi connectivity index (χ3n) is 4.18. The Morgan fingerprint density at radius 2 is 2.32 bits per heavy atom.